The van der Waals surface area contributed by atoms with E-state index in [4.69, 9.17) is 0 Å². The van der Waals surface area contributed by atoms with Crippen molar-refractivity contribution in [3.8, 4) is 0 Å². The van der Waals surface area contributed by atoms with Gasteiger partial charge in [-0.05, 0) is 112 Å². The molecule has 1 aromatic heterocycles. The van der Waals surface area contributed by atoms with E-state index in [1.54, 1.807) is 0 Å². The van der Waals surface area contributed by atoms with Crippen molar-refractivity contribution in [3.63, 3.8) is 0 Å². The van der Waals surface area contributed by atoms with Crippen molar-refractivity contribution in [1.82, 2.24) is 10.3 Å². The minimum Gasteiger partial charge on any atom is -0.405 e. The highest BCUT2D eigenvalue weighted by atomic mass is 15.1. The van der Waals surface area contributed by atoms with Crippen molar-refractivity contribution in [1.29, 1.82) is 0 Å². The maximum absolute atomic E-state index is 4.61. The van der Waals surface area contributed by atoms with Crippen LogP contribution in [-0.4, -0.2) is 31.7 Å². The number of hydrogen-bond donors (Lipinski definition) is 2. The SMILES string of the molecule is C=CN.C=Cc1ccc2c(c1)C(c1ccccc1C)CC2.CNCCC1CCN(c2ccnc(C)c2)CC1. The first kappa shape index (κ1) is 29.2. The molecule has 1 fully saturated rings. The van der Waals surface area contributed by atoms with Crippen LogP contribution in [0.5, 0.6) is 0 Å². The highest BCUT2D eigenvalue weighted by Crippen LogP contribution is 2.39. The lowest BCUT2D eigenvalue weighted by Gasteiger charge is -2.33. The van der Waals surface area contributed by atoms with Gasteiger partial charge in [-0.3, -0.25) is 4.98 Å². The van der Waals surface area contributed by atoms with Crippen molar-refractivity contribution in [3.05, 3.63) is 114 Å². The van der Waals surface area contributed by atoms with Crippen molar-refractivity contribution in [2.45, 2.75) is 51.9 Å². The summed E-state index contributed by atoms with van der Waals surface area (Å²) >= 11 is 0. The van der Waals surface area contributed by atoms with Crippen LogP contribution in [0.4, 0.5) is 5.69 Å². The lowest BCUT2D eigenvalue weighted by Crippen LogP contribution is -2.34. The first-order chi connectivity index (χ1) is 18.5. The molecule has 3 N–H and O–H groups in total. The van der Waals surface area contributed by atoms with Gasteiger partial charge in [0.25, 0.3) is 0 Å². The van der Waals surface area contributed by atoms with Crippen LogP contribution in [0, 0.1) is 19.8 Å². The third-order valence-corrected chi connectivity index (χ3v) is 7.71. The van der Waals surface area contributed by atoms with E-state index in [1.165, 1.54) is 84.9 Å². The van der Waals surface area contributed by atoms with Crippen LogP contribution in [0.2, 0.25) is 0 Å². The van der Waals surface area contributed by atoms with Crippen LogP contribution in [0.1, 0.15) is 65.1 Å². The molecule has 0 bridgehead atoms. The molecule has 0 saturated carbocycles. The highest BCUT2D eigenvalue weighted by Gasteiger charge is 2.24. The molecular formula is C34H46N4. The van der Waals surface area contributed by atoms with Gasteiger partial charge >= 0.3 is 0 Å². The number of aromatic nitrogens is 1. The Morgan fingerprint density at radius 2 is 1.74 bits per heavy atom. The second kappa shape index (κ2) is 15.1. The standard InChI is InChI=1S/C18H18.C14H23N3.C2H5N/c1-3-14-8-9-15-10-11-17(18(15)12-14)16-7-5-4-6-13(16)2;1-12-11-14(4-8-16-12)17-9-5-13(6-10-17)3-7-15-2;1-2-3/h3-9,12,17H,1,10-11H2,2H3;4,8,11,13,15H,3,5-7,9-10H2,1-2H3;2H,1,3H2. The average Bonchev–Trinajstić information content (AvgIpc) is 3.36. The van der Waals surface area contributed by atoms with Gasteiger partial charge in [0.2, 0.25) is 0 Å². The molecule has 0 amide bonds. The van der Waals surface area contributed by atoms with Gasteiger partial charge in [-0.15, -0.1) is 0 Å². The molecular weight excluding hydrogens is 464 g/mol. The Morgan fingerprint density at radius 1 is 1.00 bits per heavy atom. The minimum atomic E-state index is 0.570. The number of benzene rings is 2. The van der Waals surface area contributed by atoms with Gasteiger partial charge in [-0.1, -0.05) is 61.7 Å². The monoisotopic (exact) mass is 510 g/mol. The lowest BCUT2D eigenvalue weighted by molar-refractivity contribution is 0.378. The fraction of sp³-hybridized carbons (Fsp3) is 0.382. The van der Waals surface area contributed by atoms with Gasteiger partial charge in [0, 0.05) is 36.6 Å². The summed E-state index contributed by atoms with van der Waals surface area (Å²) in [6.45, 7) is 14.8. The number of piperidine rings is 1. The molecule has 2 heterocycles. The Balaban J connectivity index is 0.000000191. The minimum absolute atomic E-state index is 0.570. The summed E-state index contributed by atoms with van der Waals surface area (Å²) in [5.41, 5.74) is 14.2. The van der Waals surface area contributed by atoms with E-state index in [-0.39, 0.29) is 0 Å². The molecule has 0 spiro atoms. The zero-order valence-corrected chi connectivity index (χ0v) is 23.6. The van der Waals surface area contributed by atoms with E-state index in [9.17, 15) is 0 Å². The Labute approximate surface area is 230 Å². The number of anilines is 1. The number of rotatable bonds is 6. The predicted molar refractivity (Wildman–Crippen MR) is 165 cm³/mol. The molecule has 1 atom stereocenters. The average molecular weight is 511 g/mol. The Bertz CT molecular complexity index is 1160. The molecule has 1 aliphatic carbocycles. The van der Waals surface area contributed by atoms with E-state index in [2.05, 4.69) is 103 Å². The normalized spacial score (nSPS) is 16.4. The summed E-state index contributed by atoms with van der Waals surface area (Å²) in [6, 6.07) is 19.8. The second-order valence-electron chi connectivity index (χ2n) is 10.3. The summed E-state index contributed by atoms with van der Waals surface area (Å²) in [6.07, 6.45) is 11.5. The zero-order valence-electron chi connectivity index (χ0n) is 23.6. The molecule has 1 aliphatic heterocycles. The summed E-state index contributed by atoms with van der Waals surface area (Å²) in [4.78, 5) is 6.75. The van der Waals surface area contributed by atoms with E-state index in [1.807, 2.05) is 19.3 Å². The smallest absolute Gasteiger partial charge is 0.0399 e. The van der Waals surface area contributed by atoms with E-state index in [0.29, 0.717) is 5.92 Å². The summed E-state index contributed by atoms with van der Waals surface area (Å²) in [7, 11) is 2.04. The molecule has 1 saturated heterocycles. The topological polar surface area (TPSA) is 54.2 Å². The zero-order chi connectivity index (χ0) is 27.3. The van der Waals surface area contributed by atoms with Crippen LogP contribution in [0.25, 0.3) is 6.08 Å². The molecule has 5 rings (SSSR count). The van der Waals surface area contributed by atoms with Gasteiger partial charge in [-0.25, -0.2) is 0 Å². The van der Waals surface area contributed by atoms with Gasteiger partial charge in [0.05, 0.1) is 0 Å². The van der Waals surface area contributed by atoms with Crippen molar-refractivity contribution < 1.29 is 0 Å². The molecule has 4 heteroatoms. The molecule has 3 aromatic rings. The molecule has 1 unspecified atom stereocenters. The lowest BCUT2D eigenvalue weighted by atomic mass is 9.89. The molecule has 0 radical (unpaired) electrons. The van der Waals surface area contributed by atoms with Crippen LogP contribution in [-0.2, 0) is 6.42 Å². The number of hydrogen-bond acceptors (Lipinski definition) is 4. The maximum atomic E-state index is 4.61. The molecule has 4 nitrogen and oxygen atoms in total. The fourth-order valence-electron chi connectivity index (χ4n) is 5.60. The number of pyridine rings is 1. The van der Waals surface area contributed by atoms with Crippen LogP contribution >= 0.6 is 0 Å². The fourth-order valence-corrected chi connectivity index (χ4v) is 5.60. The Hall–Kier alpha value is -3.37. The number of aryl methyl sites for hydroxylation is 3. The van der Waals surface area contributed by atoms with Crippen molar-refractivity contribution in [2.75, 3.05) is 31.6 Å². The van der Waals surface area contributed by atoms with Crippen LogP contribution < -0.4 is 16.0 Å². The third kappa shape index (κ3) is 8.06. The van der Waals surface area contributed by atoms with Crippen molar-refractivity contribution >= 4 is 11.8 Å². The second-order valence-corrected chi connectivity index (χ2v) is 10.3. The van der Waals surface area contributed by atoms with Gasteiger partial charge in [0.15, 0.2) is 0 Å². The predicted octanol–water partition coefficient (Wildman–Crippen LogP) is 7.02. The third-order valence-electron chi connectivity index (χ3n) is 7.71. The first-order valence-electron chi connectivity index (χ1n) is 14.0. The Kier molecular flexibility index (Phi) is 11.6. The van der Waals surface area contributed by atoms with Crippen LogP contribution in [0.3, 0.4) is 0 Å². The van der Waals surface area contributed by atoms with E-state index in [0.717, 1.165) is 18.2 Å². The van der Waals surface area contributed by atoms with Crippen LogP contribution in [0.15, 0.2) is 80.2 Å². The number of nitrogens with zero attached hydrogens (tertiary/aromatic N) is 2. The molecule has 202 valence electrons. The number of nitrogens with one attached hydrogen (secondary N) is 1. The van der Waals surface area contributed by atoms with E-state index < -0.39 is 0 Å². The highest BCUT2D eigenvalue weighted by molar-refractivity contribution is 5.54. The molecule has 2 aliphatic rings. The maximum Gasteiger partial charge on any atom is 0.0399 e. The molecule has 2 aromatic carbocycles. The Morgan fingerprint density at radius 3 is 2.39 bits per heavy atom. The summed E-state index contributed by atoms with van der Waals surface area (Å²) in [5.74, 6) is 1.47. The number of fused-ring (bicyclic) bond motifs is 1. The van der Waals surface area contributed by atoms with Crippen molar-refractivity contribution in [2.24, 2.45) is 11.7 Å². The number of nitrogens with two attached hydrogens (primary N) is 1. The molecule has 38 heavy (non-hydrogen) atoms. The summed E-state index contributed by atoms with van der Waals surface area (Å²) < 4.78 is 0. The largest absolute Gasteiger partial charge is 0.405 e. The summed E-state index contributed by atoms with van der Waals surface area (Å²) in [5, 5.41) is 3.24. The first-order valence-corrected chi connectivity index (χ1v) is 14.0. The van der Waals surface area contributed by atoms with Gasteiger partial charge in [0.1, 0.15) is 0 Å². The van der Waals surface area contributed by atoms with Gasteiger partial charge in [-0.2, -0.15) is 0 Å². The van der Waals surface area contributed by atoms with Gasteiger partial charge < -0.3 is 16.0 Å². The van der Waals surface area contributed by atoms with E-state index >= 15 is 0 Å². The quantitative estimate of drug-likeness (QED) is 0.374.